The molecule has 0 heterocycles. The smallest absolute Gasteiger partial charge is 0.228 e. The van der Waals surface area contributed by atoms with E-state index in [0.717, 1.165) is 0 Å². The van der Waals surface area contributed by atoms with Gasteiger partial charge in [-0.25, -0.2) is 0 Å². The first-order valence-electron chi connectivity index (χ1n) is 4.50. The van der Waals surface area contributed by atoms with E-state index in [1.165, 1.54) is 7.11 Å². The number of hydrogen-bond acceptors (Lipinski definition) is 4. The average Bonchev–Trinajstić information content (AvgIpc) is 2.22. The third kappa shape index (κ3) is 1.55. The molecular weight excluding hydrogens is 184 g/mol. The fraction of sp³-hybridized carbons (Fsp3) is 0.700. The molecular formula is C10H16O4. The van der Waals surface area contributed by atoms with Gasteiger partial charge in [-0.3, -0.25) is 4.79 Å². The predicted molar refractivity (Wildman–Crippen MR) is 50.7 cm³/mol. The molecule has 0 radical (unpaired) electrons. The van der Waals surface area contributed by atoms with E-state index in [4.69, 9.17) is 14.2 Å². The molecule has 0 aliphatic heterocycles. The molecule has 0 amide bonds. The molecule has 4 heteroatoms. The lowest BCUT2D eigenvalue weighted by Gasteiger charge is -2.35. The molecule has 0 unspecified atom stereocenters. The molecule has 0 aromatic carbocycles. The van der Waals surface area contributed by atoms with Crippen molar-refractivity contribution >= 4 is 5.78 Å². The highest BCUT2D eigenvalue weighted by atomic mass is 16.7. The lowest BCUT2D eigenvalue weighted by Crippen LogP contribution is -2.41. The van der Waals surface area contributed by atoms with Crippen molar-refractivity contribution in [2.45, 2.75) is 25.6 Å². The molecule has 1 aliphatic rings. The maximum atomic E-state index is 11.4. The number of rotatable bonds is 3. The average molecular weight is 200 g/mol. The van der Waals surface area contributed by atoms with Crippen molar-refractivity contribution in [1.29, 1.82) is 0 Å². The van der Waals surface area contributed by atoms with Gasteiger partial charge in [0, 0.05) is 32.6 Å². The molecule has 0 bridgehead atoms. The van der Waals surface area contributed by atoms with Crippen LogP contribution in [0.15, 0.2) is 11.3 Å². The molecule has 0 saturated carbocycles. The van der Waals surface area contributed by atoms with Crippen LogP contribution in [0.3, 0.4) is 0 Å². The highest BCUT2D eigenvalue weighted by molar-refractivity contribution is 5.96. The largest absolute Gasteiger partial charge is 0.495 e. The van der Waals surface area contributed by atoms with E-state index in [2.05, 4.69) is 0 Å². The van der Waals surface area contributed by atoms with Gasteiger partial charge in [0.05, 0.1) is 7.11 Å². The maximum Gasteiger partial charge on any atom is 0.228 e. The van der Waals surface area contributed by atoms with Crippen LogP contribution in [0.25, 0.3) is 0 Å². The molecule has 0 fully saturated rings. The van der Waals surface area contributed by atoms with Gasteiger partial charge in [-0.05, 0) is 6.92 Å². The summed E-state index contributed by atoms with van der Waals surface area (Å²) < 4.78 is 15.8. The van der Waals surface area contributed by atoms with E-state index in [1.807, 2.05) is 0 Å². The Morgan fingerprint density at radius 3 is 2.21 bits per heavy atom. The summed E-state index contributed by atoms with van der Waals surface area (Å²) >= 11 is 0. The summed E-state index contributed by atoms with van der Waals surface area (Å²) in [6, 6.07) is 0. The van der Waals surface area contributed by atoms with Crippen LogP contribution in [0.4, 0.5) is 0 Å². The van der Waals surface area contributed by atoms with Crippen LogP contribution >= 0.6 is 0 Å². The summed E-state index contributed by atoms with van der Waals surface area (Å²) in [4.78, 5) is 11.4. The fourth-order valence-corrected chi connectivity index (χ4v) is 1.77. The standard InChI is InChI=1S/C10H16O4/c1-7-8(11)5-6-10(13-3,14-4)9(7)12-2/h5-6H2,1-4H3. The zero-order valence-corrected chi connectivity index (χ0v) is 9.05. The molecule has 0 N–H and O–H groups in total. The first kappa shape index (κ1) is 11.2. The maximum absolute atomic E-state index is 11.4. The number of ketones is 1. The summed E-state index contributed by atoms with van der Waals surface area (Å²) in [5.74, 6) is -0.308. The second-order valence-corrected chi connectivity index (χ2v) is 3.24. The molecule has 0 atom stereocenters. The van der Waals surface area contributed by atoms with Crippen molar-refractivity contribution in [2.75, 3.05) is 21.3 Å². The summed E-state index contributed by atoms with van der Waals surface area (Å²) in [7, 11) is 4.61. The molecule has 80 valence electrons. The van der Waals surface area contributed by atoms with Crippen LogP contribution in [0.1, 0.15) is 19.8 Å². The Morgan fingerprint density at radius 2 is 1.79 bits per heavy atom. The van der Waals surface area contributed by atoms with Crippen molar-refractivity contribution in [3.63, 3.8) is 0 Å². The van der Waals surface area contributed by atoms with Crippen molar-refractivity contribution in [1.82, 2.24) is 0 Å². The Morgan fingerprint density at radius 1 is 1.21 bits per heavy atom. The minimum absolute atomic E-state index is 0.0894. The quantitative estimate of drug-likeness (QED) is 0.643. The minimum Gasteiger partial charge on any atom is -0.495 e. The van der Waals surface area contributed by atoms with Crippen LogP contribution in [-0.4, -0.2) is 32.9 Å². The molecule has 14 heavy (non-hydrogen) atoms. The highest BCUT2D eigenvalue weighted by Gasteiger charge is 2.42. The Bertz CT molecular complexity index is 263. The van der Waals surface area contributed by atoms with Gasteiger partial charge < -0.3 is 14.2 Å². The van der Waals surface area contributed by atoms with Gasteiger partial charge in [0.1, 0.15) is 0 Å². The monoisotopic (exact) mass is 200 g/mol. The number of carbonyl (C=O) groups excluding carboxylic acids is 1. The van der Waals surface area contributed by atoms with E-state index >= 15 is 0 Å². The molecule has 4 nitrogen and oxygen atoms in total. The molecule has 1 rings (SSSR count). The topological polar surface area (TPSA) is 44.8 Å². The van der Waals surface area contributed by atoms with Crippen molar-refractivity contribution < 1.29 is 19.0 Å². The van der Waals surface area contributed by atoms with Crippen LogP contribution in [0.2, 0.25) is 0 Å². The van der Waals surface area contributed by atoms with Crippen molar-refractivity contribution in [2.24, 2.45) is 0 Å². The Labute approximate surface area is 83.8 Å². The zero-order valence-electron chi connectivity index (χ0n) is 9.05. The van der Waals surface area contributed by atoms with E-state index < -0.39 is 5.79 Å². The number of hydrogen-bond donors (Lipinski definition) is 0. The number of allylic oxidation sites excluding steroid dienone is 1. The van der Waals surface area contributed by atoms with Gasteiger partial charge in [-0.15, -0.1) is 0 Å². The van der Waals surface area contributed by atoms with Gasteiger partial charge in [0.2, 0.25) is 5.79 Å². The van der Waals surface area contributed by atoms with Gasteiger partial charge >= 0.3 is 0 Å². The Kier molecular flexibility index (Phi) is 3.29. The molecule has 0 saturated heterocycles. The fourth-order valence-electron chi connectivity index (χ4n) is 1.77. The molecule has 0 aromatic rings. The van der Waals surface area contributed by atoms with E-state index in [0.29, 0.717) is 24.2 Å². The second-order valence-electron chi connectivity index (χ2n) is 3.24. The summed E-state index contributed by atoms with van der Waals surface area (Å²) in [6.07, 6.45) is 0.930. The second kappa shape index (κ2) is 4.11. The molecule has 0 aromatic heterocycles. The van der Waals surface area contributed by atoms with Gasteiger partial charge in [0.25, 0.3) is 0 Å². The predicted octanol–water partition coefficient (Wildman–Crippen LogP) is 1.26. The lowest BCUT2D eigenvalue weighted by molar-refractivity contribution is -0.208. The number of ether oxygens (including phenoxy) is 3. The van der Waals surface area contributed by atoms with Gasteiger partial charge in [0.15, 0.2) is 11.5 Å². The van der Waals surface area contributed by atoms with Crippen LogP contribution < -0.4 is 0 Å². The Balaban J connectivity index is 3.15. The van der Waals surface area contributed by atoms with Crippen LogP contribution in [-0.2, 0) is 19.0 Å². The van der Waals surface area contributed by atoms with Gasteiger partial charge in [-0.1, -0.05) is 0 Å². The first-order valence-corrected chi connectivity index (χ1v) is 4.50. The molecule has 0 spiro atoms. The number of carbonyl (C=O) groups is 1. The summed E-state index contributed by atoms with van der Waals surface area (Å²) in [5, 5.41) is 0. The summed E-state index contributed by atoms with van der Waals surface area (Å²) in [6.45, 7) is 1.73. The van der Waals surface area contributed by atoms with Crippen LogP contribution in [0, 0.1) is 0 Å². The highest BCUT2D eigenvalue weighted by Crippen LogP contribution is 2.35. The normalized spacial score (nSPS) is 21.3. The SMILES string of the molecule is COC1=C(C)C(=O)CCC1(OC)OC. The van der Waals surface area contributed by atoms with Crippen LogP contribution in [0.5, 0.6) is 0 Å². The van der Waals surface area contributed by atoms with Crippen molar-refractivity contribution in [3.05, 3.63) is 11.3 Å². The van der Waals surface area contributed by atoms with E-state index in [9.17, 15) is 4.79 Å². The van der Waals surface area contributed by atoms with E-state index in [-0.39, 0.29) is 5.78 Å². The van der Waals surface area contributed by atoms with Crippen molar-refractivity contribution in [3.8, 4) is 0 Å². The third-order valence-electron chi connectivity index (χ3n) is 2.65. The third-order valence-corrected chi connectivity index (χ3v) is 2.65. The minimum atomic E-state index is -0.882. The first-order chi connectivity index (χ1) is 6.61. The molecule has 1 aliphatic carbocycles. The van der Waals surface area contributed by atoms with Gasteiger partial charge in [-0.2, -0.15) is 0 Å². The number of methoxy groups -OCH3 is 3. The Hall–Kier alpha value is -0.870. The summed E-state index contributed by atoms with van der Waals surface area (Å²) in [5.41, 5.74) is 0.586. The van der Waals surface area contributed by atoms with E-state index in [1.54, 1.807) is 21.1 Å². The lowest BCUT2D eigenvalue weighted by atomic mass is 9.92. The number of Topliss-reactive ketones (excluding diaryl/α,β-unsaturated/α-hetero) is 1. The zero-order chi connectivity index (χ0) is 10.8.